The van der Waals surface area contributed by atoms with E-state index in [1.54, 1.807) is 47.1 Å². The number of aliphatic hydroxyl groups excluding tert-OH is 1. The molecule has 6 rings (SSSR count). The number of rotatable bonds is 9. The van der Waals surface area contributed by atoms with Crippen LogP contribution in [0.5, 0.6) is 0 Å². The second-order valence-corrected chi connectivity index (χ2v) is 12.3. The number of amides is 3. The van der Waals surface area contributed by atoms with E-state index in [2.05, 4.69) is 10.6 Å². The van der Waals surface area contributed by atoms with Crippen molar-refractivity contribution < 1.29 is 24.6 Å². The molecule has 0 aromatic heterocycles. The van der Waals surface area contributed by atoms with Crippen molar-refractivity contribution in [2.75, 3.05) is 23.4 Å². The van der Waals surface area contributed by atoms with Crippen LogP contribution < -0.4 is 15.5 Å². The summed E-state index contributed by atoms with van der Waals surface area (Å²) in [7, 11) is 0. The Morgan fingerprint density at radius 1 is 1.09 bits per heavy atom. The van der Waals surface area contributed by atoms with Crippen LogP contribution in [0.1, 0.15) is 48.4 Å². The summed E-state index contributed by atoms with van der Waals surface area (Å²) in [5, 5.41) is 28.4. The molecular formula is C36H40N4O5. The van der Waals surface area contributed by atoms with Crippen LogP contribution in [0.25, 0.3) is 0 Å². The fraction of sp³-hybridized carbons (Fsp3) is 0.361. The normalized spacial score (nSPS) is 23.2. The minimum Gasteiger partial charge on any atom is -0.394 e. The van der Waals surface area contributed by atoms with Crippen molar-refractivity contribution in [3.8, 4) is 0 Å². The summed E-state index contributed by atoms with van der Waals surface area (Å²) in [6.07, 6.45) is 5.76. The van der Waals surface area contributed by atoms with Gasteiger partial charge < -0.3 is 30.6 Å². The molecule has 0 bridgehead atoms. The zero-order valence-electron chi connectivity index (χ0n) is 25.5. The van der Waals surface area contributed by atoms with E-state index in [0.717, 1.165) is 36.1 Å². The molecule has 3 amide bonds. The molecule has 3 aliphatic heterocycles. The molecule has 234 valence electrons. The summed E-state index contributed by atoms with van der Waals surface area (Å²) in [6, 6.07) is 22.2. The number of carbonyl (C=O) groups is 3. The molecule has 3 aromatic carbocycles. The molecule has 0 unspecified atom stereocenters. The van der Waals surface area contributed by atoms with Gasteiger partial charge in [-0.2, -0.15) is 0 Å². The SMILES string of the molecule is C[C@@H](/C=C/CC(=O)N1Cc2ccccc2C[C@H]1CO)[C@]1(O)C(=O)N(Cc2ccccc2)c2ccc(NC(=O)[C@H]3CCCN3)cc21. The molecule has 3 aromatic rings. The number of anilines is 2. The minimum atomic E-state index is -1.91. The molecule has 9 heteroatoms. The topological polar surface area (TPSA) is 122 Å². The van der Waals surface area contributed by atoms with Crippen molar-refractivity contribution in [1.82, 2.24) is 10.2 Å². The summed E-state index contributed by atoms with van der Waals surface area (Å²) >= 11 is 0. The van der Waals surface area contributed by atoms with Crippen molar-refractivity contribution in [1.29, 1.82) is 0 Å². The Morgan fingerprint density at radius 3 is 2.58 bits per heavy atom. The highest BCUT2D eigenvalue weighted by atomic mass is 16.3. The number of nitrogens with zero attached hydrogens (tertiary/aromatic N) is 2. The predicted molar refractivity (Wildman–Crippen MR) is 172 cm³/mol. The molecule has 3 aliphatic rings. The molecule has 4 N–H and O–H groups in total. The number of carbonyl (C=O) groups excluding carboxylic acids is 3. The lowest BCUT2D eigenvalue weighted by atomic mass is 9.82. The lowest BCUT2D eigenvalue weighted by molar-refractivity contribution is -0.139. The van der Waals surface area contributed by atoms with Gasteiger partial charge >= 0.3 is 0 Å². The first-order valence-electron chi connectivity index (χ1n) is 15.7. The van der Waals surface area contributed by atoms with Crippen molar-refractivity contribution in [3.05, 3.63) is 107 Å². The lowest BCUT2D eigenvalue weighted by Crippen LogP contribution is -2.46. The molecule has 1 fully saturated rings. The maximum Gasteiger partial charge on any atom is 0.264 e. The molecule has 9 nitrogen and oxygen atoms in total. The van der Waals surface area contributed by atoms with Crippen molar-refractivity contribution in [2.24, 2.45) is 5.92 Å². The van der Waals surface area contributed by atoms with E-state index in [1.807, 2.05) is 54.6 Å². The van der Waals surface area contributed by atoms with E-state index in [9.17, 15) is 24.6 Å². The number of benzene rings is 3. The van der Waals surface area contributed by atoms with Crippen molar-refractivity contribution in [2.45, 2.75) is 63.4 Å². The first kappa shape index (κ1) is 30.7. The average molecular weight is 609 g/mol. The van der Waals surface area contributed by atoms with Gasteiger partial charge in [0, 0.05) is 30.1 Å². The zero-order valence-corrected chi connectivity index (χ0v) is 25.5. The minimum absolute atomic E-state index is 0.0678. The summed E-state index contributed by atoms with van der Waals surface area (Å²) < 4.78 is 0. The molecule has 45 heavy (non-hydrogen) atoms. The van der Waals surface area contributed by atoms with Crippen LogP contribution in [0.3, 0.4) is 0 Å². The first-order valence-corrected chi connectivity index (χ1v) is 15.7. The van der Waals surface area contributed by atoms with Crippen LogP contribution in [0, 0.1) is 5.92 Å². The molecule has 3 heterocycles. The Labute approximate surface area is 263 Å². The summed E-state index contributed by atoms with van der Waals surface area (Å²) in [5.74, 6) is -1.42. The van der Waals surface area contributed by atoms with Gasteiger partial charge in [-0.25, -0.2) is 0 Å². The van der Waals surface area contributed by atoms with Gasteiger partial charge in [-0.05, 0) is 60.7 Å². The number of hydrogen-bond acceptors (Lipinski definition) is 6. The van der Waals surface area contributed by atoms with E-state index in [-0.39, 0.29) is 43.5 Å². The Hall–Kier alpha value is -4.31. The van der Waals surface area contributed by atoms with Gasteiger partial charge in [0.15, 0.2) is 5.60 Å². The van der Waals surface area contributed by atoms with Crippen molar-refractivity contribution >= 4 is 29.1 Å². The van der Waals surface area contributed by atoms with Crippen LogP contribution >= 0.6 is 0 Å². The third-order valence-electron chi connectivity index (χ3n) is 9.36. The molecule has 4 atom stereocenters. The number of hydrogen-bond donors (Lipinski definition) is 4. The van der Waals surface area contributed by atoms with E-state index < -0.39 is 17.4 Å². The van der Waals surface area contributed by atoms with Gasteiger partial charge in [-0.15, -0.1) is 0 Å². The molecule has 1 saturated heterocycles. The highest BCUT2D eigenvalue weighted by Crippen LogP contribution is 2.47. The van der Waals surface area contributed by atoms with E-state index in [0.29, 0.717) is 29.9 Å². The number of aliphatic hydroxyl groups is 2. The lowest BCUT2D eigenvalue weighted by Gasteiger charge is -2.36. The van der Waals surface area contributed by atoms with E-state index in [4.69, 9.17) is 0 Å². The quantitative estimate of drug-likeness (QED) is 0.275. The van der Waals surface area contributed by atoms with Gasteiger partial charge in [-0.1, -0.05) is 73.7 Å². The first-order chi connectivity index (χ1) is 21.8. The number of fused-ring (bicyclic) bond motifs is 2. The van der Waals surface area contributed by atoms with Gasteiger partial charge in [0.05, 0.1) is 30.9 Å². The molecule has 0 aliphatic carbocycles. The Kier molecular flexibility index (Phi) is 8.85. The summed E-state index contributed by atoms with van der Waals surface area (Å²) in [5.41, 5.74) is 2.72. The van der Waals surface area contributed by atoms with Gasteiger partial charge in [-0.3, -0.25) is 14.4 Å². The molecule has 0 saturated carbocycles. The second kappa shape index (κ2) is 13.0. The zero-order chi connectivity index (χ0) is 31.6. The van der Waals surface area contributed by atoms with Gasteiger partial charge in [0.1, 0.15) is 0 Å². The Morgan fingerprint density at radius 2 is 1.84 bits per heavy atom. The average Bonchev–Trinajstić information content (AvgIpc) is 3.68. The van der Waals surface area contributed by atoms with Gasteiger partial charge in [0.25, 0.3) is 5.91 Å². The second-order valence-electron chi connectivity index (χ2n) is 12.3. The van der Waals surface area contributed by atoms with Crippen LogP contribution in [0.15, 0.2) is 84.9 Å². The standard InChI is InChI=1S/C36H40N4O5/c1-24(9-7-15-33(42)39-22-27-13-6-5-12-26(27)19-29(39)23-41)36(45)30-20-28(38-34(43)31-14-8-18-37-31)16-17-32(30)40(35(36)44)21-25-10-3-2-4-11-25/h2-7,9-13,16-17,20,24,29,31,37,41,45H,8,14-15,18-19,21-23H2,1H3,(H,38,43)/b9-7+/t24-,29-,31+,36+/m0/s1. The van der Waals surface area contributed by atoms with E-state index >= 15 is 0 Å². The predicted octanol–water partition coefficient (Wildman–Crippen LogP) is 3.64. The Balaban J connectivity index is 1.23. The fourth-order valence-corrected chi connectivity index (χ4v) is 6.76. The highest BCUT2D eigenvalue weighted by Gasteiger charge is 2.52. The van der Waals surface area contributed by atoms with Crippen LogP contribution in [-0.4, -0.2) is 58.1 Å². The van der Waals surface area contributed by atoms with Crippen LogP contribution in [0.2, 0.25) is 0 Å². The molecule has 0 spiro atoms. The van der Waals surface area contributed by atoms with Crippen LogP contribution in [-0.2, 0) is 39.5 Å². The van der Waals surface area contributed by atoms with Crippen molar-refractivity contribution in [3.63, 3.8) is 0 Å². The van der Waals surface area contributed by atoms with Gasteiger partial charge in [0.2, 0.25) is 11.8 Å². The third kappa shape index (κ3) is 6.03. The summed E-state index contributed by atoms with van der Waals surface area (Å²) in [4.78, 5) is 43.5. The molecular weight excluding hydrogens is 568 g/mol. The van der Waals surface area contributed by atoms with Crippen LogP contribution in [0.4, 0.5) is 11.4 Å². The Bertz CT molecular complexity index is 1600. The largest absolute Gasteiger partial charge is 0.394 e. The fourth-order valence-electron chi connectivity index (χ4n) is 6.76. The third-order valence-corrected chi connectivity index (χ3v) is 9.36. The maximum absolute atomic E-state index is 14.1. The highest BCUT2D eigenvalue weighted by molar-refractivity contribution is 6.08. The van der Waals surface area contributed by atoms with E-state index in [1.165, 1.54) is 0 Å². The number of nitrogens with one attached hydrogen (secondary N) is 2. The summed E-state index contributed by atoms with van der Waals surface area (Å²) in [6.45, 7) is 3.14. The molecule has 0 radical (unpaired) electrons. The smallest absolute Gasteiger partial charge is 0.264 e. The monoisotopic (exact) mass is 608 g/mol. The maximum atomic E-state index is 14.1.